The van der Waals surface area contributed by atoms with Crippen LogP contribution in [0.2, 0.25) is 0 Å². The van der Waals surface area contributed by atoms with Gasteiger partial charge in [0.1, 0.15) is 5.78 Å². The highest BCUT2D eigenvalue weighted by molar-refractivity contribution is 5.95. The number of Topliss-reactive ketones (excluding diaryl/α,β-unsaturated/α-hetero) is 1. The minimum Gasteiger partial charge on any atom is -0.348 e. The molecular weight excluding hydrogens is 404 g/mol. The molecule has 0 saturated heterocycles. The first-order chi connectivity index (χ1) is 14.7. The Morgan fingerprint density at radius 1 is 1.03 bits per heavy atom. The van der Waals surface area contributed by atoms with Gasteiger partial charge in [0.25, 0.3) is 17.3 Å². The zero-order valence-electron chi connectivity index (χ0n) is 17.0. The summed E-state index contributed by atoms with van der Waals surface area (Å²) >= 11 is 0. The lowest BCUT2D eigenvalue weighted by atomic mass is 9.97. The van der Waals surface area contributed by atoms with Crippen molar-refractivity contribution >= 4 is 23.1 Å². The molecule has 0 atom stereocenters. The minimum absolute atomic E-state index is 0.139. The third-order valence-corrected chi connectivity index (χ3v) is 5.18. The van der Waals surface area contributed by atoms with E-state index in [1.807, 2.05) is 18.2 Å². The van der Waals surface area contributed by atoms with E-state index < -0.39 is 27.1 Å². The Morgan fingerprint density at radius 3 is 2.32 bits per heavy atom. The largest absolute Gasteiger partial charge is 0.348 e. The first-order valence-corrected chi connectivity index (χ1v) is 9.77. The Hall–Kier alpha value is -3.66. The summed E-state index contributed by atoms with van der Waals surface area (Å²) in [5.41, 5.74) is 2.06. The maximum absolute atomic E-state index is 12.4. The van der Waals surface area contributed by atoms with Crippen molar-refractivity contribution in [2.75, 3.05) is 13.1 Å². The summed E-state index contributed by atoms with van der Waals surface area (Å²) in [6.45, 7) is 4.14. The summed E-state index contributed by atoms with van der Waals surface area (Å²) in [5.74, 6) is -0.453. The Balaban J connectivity index is 1.66. The van der Waals surface area contributed by atoms with Gasteiger partial charge in [-0.2, -0.15) is 0 Å². The van der Waals surface area contributed by atoms with Gasteiger partial charge in [0.2, 0.25) is 0 Å². The number of carbonyl (C=O) groups is 2. The SMILES string of the molecule is CC(=O)CCN1CCc2cc(CNC(=O)c3cc([N+](=O)[O-])cc([N+](=O)[O-])c3)ccc2C1. The van der Waals surface area contributed by atoms with Gasteiger partial charge in [-0.1, -0.05) is 18.2 Å². The Morgan fingerprint density at radius 2 is 1.71 bits per heavy atom. The number of fused-ring (bicyclic) bond motifs is 1. The lowest BCUT2D eigenvalue weighted by Crippen LogP contribution is -2.32. The molecule has 2 aromatic rings. The Kier molecular flexibility index (Phi) is 6.71. The fourth-order valence-corrected chi connectivity index (χ4v) is 3.50. The van der Waals surface area contributed by atoms with Crippen LogP contribution in [-0.2, 0) is 24.3 Å². The average molecular weight is 426 g/mol. The van der Waals surface area contributed by atoms with Crippen molar-refractivity contribution in [3.05, 3.63) is 78.9 Å². The fourth-order valence-electron chi connectivity index (χ4n) is 3.50. The highest BCUT2D eigenvalue weighted by atomic mass is 16.6. The highest BCUT2D eigenvalue weighted by Crippen LogP contribution is 2.23. The molecule has 0 spiro atoms. The molecule has 0 aliphatic carbocycles. The quantitative estimate of drug-likeness (QED) is 0.506. The molecule has 10 nitrogen and oxygen atoms in total. The molecule has 0 bridgehead atoms. The molecule has 10 heteroatoms. The minimum atomic E-state index is -0.771. The van der Waals surface area contributed by atoms with Crippen molar-refractivity contribution in [2.24, 2.45) is 0 Å². The summed E-state index contributed by atoms with van der Waals surface area (Å²) < 4.78 is 0. The number of amides is 1. The fraction of sp³-hybridized carbons (Fsp3) is 0.333. The average Bonchev–Trinajstić information content (AvgIpc) is 2.75. The van der Waals surface area contributed by atoms with E-state index >= 15 is 0 Å². The van der Waals surface area contributed by atoms with Gasteiger partial charge in [-0.15, -0.1) is 0 Å². The number of non-ortho nitro benzene ring substituents is 2. The van der Waals surface area contributed by atoms with Crippen LogP contribution in [0.3, 0.4) is 0 Å². The van der Waals surface area contributed by atoms with E-state index in [4.69, 9.17) is 0 Å². The van der Waals surface area contributed by atoms with E-state index in [1.54, 1.807) is 6.92 Å². The zero-order valence-corrected chi connectivity index (χ0v) is 17.0. The van der Waals surface area contributed by atoms with Crippen LogP contribution in [0.25, 0.3) is 0 Å². The number of ketones is 1. The standard InChI is InChI=1S/C21H22N4O6/c1-14(26)4-6-23-7-5-16-8-15(2-3-17(16)13-23)12-22-21(27)18-9-19(24(28)29)11-20(10-18)25(30)31/h2-3,8-11H,4-7,12-13H2,1H3,(H,22,27). The summed E-state index contributed by atoms with van der Waals surface area (Å²) in [5, 5.41) is 24.7. The predicted octanol–water partition coefficient (Wildman–Crippen LogP) is 2.77. The number of hydrogen-bond acceptors (Lipinski definition) is 7. The molecule has 1 aliphatic rings. The smallest absolute Gasteiger partial charge is 0.277 e. The molecule has 3 rings (SSSR count). The number of nitrogens with one attached hydrogen (secondary N) is 1. The second kappa shape index (κ2) is 9.43. The van der Waals surface area contributed by atoms with Gasteiger partial charge >= 0.3 is 0 Å². The van der Waals surface area contributed by atoms with Gasteiger partial charge in [-0.25, -0.2) is 0 Å². The number of hydrogen-bond donors (Lipinski definition) is 1. The molecule has 2 aromatic carbocycles. The van der Waals surface area contributed by atoms with Crippen LogP contribution in [0, 0.1) is 20.2 Å². The molecule has 0 radical (unpaired) electrons. The second-order valence-electron chi connectivity index (χ2n) is 7.52. The van der Waals surface area contributed by atoms with E-state index in [-0.39, 0.29) is 17.9 Å². The Bertz CT molecular complexity index is 1020. The third kappa shape index (κ3) is 5.70. The molecule has 1 N–H and O–H groups in total. The van der Waals surface area contributed by atoms with Gasteiger partial charge < -0.3 is 5.32 Å². The lowest BCUT2D eigenvalue weighted by molar-refractivity contribution is -0.394. The monoisotopic (exact) mass is 426 g/mol. The van der Waals surface area contributed by atoms with E-state index in [1.165, 1.54) is 11.1 Å². The molecule has 1 amide bonds. The van der Waals surface area contributed by atoms with Crippen LogP contribution in [0.15, 0.2) is 36.4 Å². The van der Waals surface area contributed by atoms with Crippen LogP contribution in [-0.4, -0.2) is 39.5 Å². The summed E-state index contributed by atoms with van der Waals surface area (Å²) in [6, 6.07) is 8.75. The van der Waals surface area contributed by atoms with Gasteiger partial charge in [-0.3, -0.25) is 34.7 Å². The number of nitro benzene ring substituents is 2. The molecule has 0 saturated carbocycles. The number of benzene rings is 2. The van der Waals surface area contributed by atoms with Gasteiger partial charge in [0, 0.05) is 44.7 Å². The van der Waals surface area contributed by atoms with Gasteiger partial charge in [0.15, 0.2) is 0 Å². The Labute approximate surface area is 178 Å². The predicted molar refractivity (Wildman–Crippen MR) is 112 cm³/mol. The van der Waals surface area contributed by atoms with E-state index in [0.717, 1.165) is 49.8 Å². The topological polar surface area (TPSA) is 136 Å². The van der Waals surface area contributed by atoms with Crippen molar-refractivity contribution in [3.8, 4) is 0 Å². The maximum Gasteiger partial charge on any atom is 0.277 e. The van der Waals surface area contributed by atoms with Crippen molar-refractivity contribution in [1.82, 2.24) is 10.2 Å². The van der Waals surface area contributed by atoms with Crippen molar-refractivity contribution in [1.29, 1.82) is 0 Å². The molecule has 1 heterocycles. The number of carbonyl (C=O) groups excluding carboxylic acids is 2. The van der Waals surface area contributed by atoms with Crippen LogP contribution >= 0.6 is 0 Å². The van der Waals surface area contributed by atoms with E-state index in [2.05, 4.69) is 10.2 Å². The molecule has 162 valence electrons. The van der Waals surface area contributed by atoms with Gasteiger partial charge in [0.05, 0.1) is 21.5 Å². The maximum atomic E-state index is 12.4. The van der Waals surface area contributed by atoms with Crippen molar-refractivity contribution in [2.45, 2.75) is 32.9 Å². The van der Waals surface area contributed by atoms with E-state index in [0.29, 0.717) is 6.42 Å². The lowest BCUT2D eigenvalue weighted by Gasteiger charge is -2.28. The molecule has 0 aromatic heterocycles. The molecule has 1 aliphatic heterocycles. The summed E-state index contributed by atoms with van der Waals surface area (Å²) in [4.78, 5) is 46.3. The van der Waals surface area contributed by atoms with Crippen LogP contribution < -0.4 is 5.32 Å². The van der Waals surface area contributed by atoms with Crippen LogP contribution in [0.1, 0.15) is 40.4 Å². The van der Waals surface area contributed by atoms with Crippen molar-refractivity contribution < 1.29 is 19.4 Å². The van der Waals surface area contributed by atoms with E-state index in [9.17, 15) is 29.8 Å². The third-order valence-electron chi connectivity index (χ3n) is 5.18. The molecule has 0 unspecified atom stereocenters. The number of nitro groups is 2. The number of nitrogens with zero attached hydrogens (tertiary/aromatic N) is 3. The normalized spacial score (nSPS) is 13.3. The van der Waals surface area contributed by atoms with Crippen LogP contribution in [0.4, 0.5) is 11.4 Å². The molecule has 0 fully saturated rings. The second-order valence-corrected chi connectivity index (χ2v) is 7.52. The van der Waals surface area contributed by atoms with Gasteiger partial charge in [-0.05, 0) is 30.0 Å². The first-order valence-electron chi connectivity index (χ1n) is 9.77. The van der Waals surface area contributed by atoms with Crippen LogP contribution in [0.5, 0.6) is 0 Å². The molecular formula is C21H22N4O6. The number of rotatable bonds is 8. The summed E-state index contributed by atoms with van der Waals surface area (Å²) in [6.07, 6.45) is 1.38. The van der Waals surface area contributed by atoms with Crippen molar-refractivity contribution in [3.63, 3.8) is 0 Å². The summed E-state index contributed by atoms with van der Waals surface area (Å²) in [7, 11) is 0. The molecule has 31 heavy (non-hydrogen) atoms. The highest BCUT2D eigenvalue weighted by Gasteiger charge is 2.20. The zero-order chi connectivity index (χ0) is 22.5. The first kappa shape index (κ1) is 22.0.